The van der Waals surface area contributed by atoms with Gasteiger partial charge in [0, 0.05) is 49.1 Å². The van der Waals surface area contributed by atoms with Crippen LogP contribution >= 0.6 is 0 Å². The zero-order valence-corrected chi connectivity index (χ0v) is 29.8. The number of fused-ring (bicyclic) bond motifs is 3. The van der Waals surface area contributed by atoms with Gasteiger partial charge < -0.3 is 34.1 Å². The van der Waals surface area contributed by atoms with Crippen LogP contribution in [0.3, 0.4) is 0 Å². The normalized spacial score (nSPS) is 12.1. The average molecular weight is 684 g/mol. The van der Waals surface area contributed by atoms with Crippen LogP contribution in [0.1, 0.15) is 44.4 Å². The lowest BCUT2D eigenvalue weighted by Gasteiger charge is -2.20. The summed E-state index contributed by atoms with van der Waals surface area (Å²) >= 11 is 0. The van der Waals surface area contributed by atoms with Gasteiger partial charge in [-0.2, -0.15) is 15.2 Å². The number of aryl methyl sites for hydroxylation is 4. The first-order chi connectivity index (χ1) is 24.2. The molecule has 264 valence electrons. The number of amides is 1. The molecule has 0 bridgehead atoms. The second-order valence-corrected chi connectivity index (χ2v) is 12.2. The molecule has 6 rings (SSSR count). The molecule has 1 amide bonds. The summed E-state index contributed by atoms with van der Waals surface area (Å²) in [4.78, 5) is 23.1. The molecule has 1 aromatic carbocycles. The first-order valence-electron chi connectivity index (χ1n) is 16.7. The summed E-state index contributed by atoms with van der Waals surface area (Å²) in [5.41, 5.74) is 9.71. The predicted molar refractivity (Wildman–Crippen MR) is 190 cm³/mol. The number of hydrogen-bond acceptors (Lipinski definition) is 10. The van der Waals surface area contributed by atoms with Gasteiger partial charge in [0.2, 0.25) is 5.95 Å². The molecule has 5 heterocycles. The molecule has 0 unspecified atom stereocenters. The van der Waals surface area contributed by atoms with Gasteiger partial charge >= 0.3 is 0 Å². The van der Waals surface area contributed by atoms with Gasteiger partial charge in [0.05, 0.1) is 80.7 Å². The Kier molecular flexibility index (Phi) is 10.6. The second-order valence-electron chi connectivity index (χ2n) is 12.2. The number of carbonyl (C=O) groups is 1. The van der Waals surface area contributed by atoms with Gasteiger partial charge in [-0.25, -0.2) is 4.98 Å². The van der Waals surface area contributed by atoms with Crippen molar-refractivity contribution in [1.82, 2.24) is 34.1 Å². The number of methoxy groups -OCH3 is 2. The summed E-state index contributed by atoms with van der Waals surface area (Å²) in [6.07, 6.45) is 5.14. The highest BCUT2D eigenvalue weighted by Crippen LogP contribution is 2.35. The summed E-state index contributed by atoms with van der Waals surface area (Å²) in [6, 6.07) is 7.84. The number of rotatable bonds is 15. The molecule has 0 spiro atoms. The van der Waals surface area contributed by atoms with Crippen molar-refractivity contribution in [1.29, 1.82) is 0 Å². The smallest absolute Gasteiger partial charge is 0.257 e. The van der Waals surface area contributed by atoms with Crippen molar-refractivity contribution in [2.45, 2.75) is 47.1 Å². The van der Waals surface area contributed by atoms with Crippen molar-refractivity contribution in [3.8, 4) is 22.7 Å². The molecule has 0 atom stereocenters. The lowest BCUT2D eigenvalue weighted by Crippen LogP contribution is -2.20. The SMILES string of the molecule is COCCOCCOCCn1nc(C)c(NC(=O)c2ccn3c2CCc2cnc(Nc4ccc(-c5c(C)nn(C)c5C)cc4OC)nc2-3)c1C. The third kappa shape index (κ3) is 7.13. The van der Waals surface area contributed by atoms with Crippen molar-refractivity contribution >= 4 is 23.2 Å². The quantitative estimate of drug-likeness (QED) is 0.147. The number of hydrogen-bond donors (Lipinski definition) is 2. The van der Waals surface area contributed by atoms with E-state index in [4.69, 9.17) is 23.9 Å². The fourth-order valence-electron chi connectivity index (χ4n) is 6.37. The summed E-state index contributed by atoms with van der Waals surface area (Å²) in [7, 11) is 5.23. The molecule has 2 N–H and O–H groups in total. The number of aromatic nitrogens is 7. The standard InChI is InChI=1S/C36H45N9O5/c1-22-32(24(3)43(5)41-22)26-8-10-29(31(20-26)48-7)38-36-37-21-27-9-11-30-28(12-13-44(30)34(27)40-36)35(46)39-33-23(2)42-45(25(33)4)14-15-49-18-19-50-17-16-47-6/h8,10,12-13,20-21H,9,11,14-19H2,1-7H3,(H,39,46)(H,37,38,40). The number of nitrogens with zero attached hydrogens (tertiary/aromatic N) is 7. The molecule has 50 heavy (non-hydrogen) atoms. The van der Waals surface area contributed by atoms with Gasteiger partial charge in [0.1, 0.15) is 11.6 Å². The first kappa shape index (κ1) is 34.8. The van der Waals surface area contributed by atoms with Crippen LogP contribution < -0.4 is 15.4 Å². The molecule has 0 saturated heterocycles. The monoisotopic (exact) mass is 683 g/mol. The minimum Gasteiger partial charge on any atom is -0.495 e. The van der Waals surface area contributed by atoms with Gasteiger partial charge in [0.15, 0.2) is 0 Å². The highest BCUT2D eigenvalue weighted by molar-refractivity contribution is 6.06. The average Bonchev–Trinajstić information content (AvgIpc) is 3.75. The van der Waals surface area contributed by atoms with Crippen molar-refractivity contribution in [3.05, 3.63) is 76.3 Å². The maximum atomic E-state index is 13.7. The van der Waals surface area contributed by atoms with E-state index >= 15 is 0 Å². The Morgan fingerprint density at radius 3 is 2.44 bits per heavy atom. The van der Waals surface area contributed by atoms with Crippen LogP contribution in [0.15, 0.2) is 36.7 Å². The van der Waals surface area contributed by atoms with E-state index in [0.29, 0.717) is 68.9 Å². The fraction of sp³-hybridized carbons (Fsp3) is 0.417. The zero-order chi connectivity index (χ0) is 35.4. The van der Waals surface area contributed by atoms with E-state index in [-0.39, 0.29) is 5.91 Å². The molecule has 0 radical (unpaired) electrons. The number of anilines is 3. The zero-order valence-electron chi connectivity index (χ0n) is 29.8. The van der Waals surface area contributed by atoms with E-state index in [2.05, 4.69) is 32.7 Å². The Labute approximate surface area is 291 Å². The Balaban J connectivity index is 1.14. The third-order valence-corrected chi connectivity index (χ3v) is 9.05. The van der Waals surface area contributed by atoms with Gasteiger partial charge in [-0.1, -0.05) is 6.07 Å². The van der Waals surface area contributed by atoms with E-state index in [9.17, 15) is 4.79 Å². The van der Waals surface area contributed by atoms with Crippen LogP contribution in [0.5, 0.6) is 5.75 Å². The molecular weight excluding hydrogens is 638 g/mol. The van der Waals surface area contributed by atoms with E-state index in [1.54, 1.807) is 14.2 Å². The Hall–Kier alpha value is -5.05. The van der Waals surface area contributed by atoms with Crippen LogP contribution in [-0.4, -0.2) is 87.3 Å². The number of carbonyl (C=O) groups excluding carboxylic acids is 1. The maximum Gasteiger partial charge on any atom is 0.257 e. The minimum atomic E-state index is -0.186. The van der Waals surface area contributed by atoms with Crippen molar-refractivity contribution < 1.29 is 23.7 Å². The molecule has 1 aliphatic heterocycles. The number of ether oxygens (including phenoxy) is 4. The second kappa shape index (κ2) is 15.2. The van der Waals surface area contributed by atoms with Gasteiger partial charge in [-0.05, 0) is 64.3 Å². The van der Waals surface area contributed by atoms with Crippen LogP contribution in [0, 0.1) is 27.7 Å². The van der Waals surface area contributed by atoms with Gasteiger partial charge in [-0.3, -0.25) is 14.2 Å². The predicted octanol–water partition coefficient (Wildman–Crippen LogP) is 4.88. The van der Waals surface area contributed by atoms with Gasteiger partial charge in [0.25, 0.3) is 5.91 Å². The molecule has 14 heteroatoms. The van der Waals surface area contributed by atoms with E-state index < -0.39 is 0 Å². The highest BCUT2D eigenvalue weighted by Gasteiger charge is 2.25. The van der Waals surface area contributed by atoms with Crippen LogP contribution in [0.25, 0.3) is 16.9 Å². The summed E-state index contributed by atoms with van der Waals surface area (Å²) in [5, 5.41) is 15.6. The fourth-order valence-corrected chi connectivity index (χ4v) is 6.37. The first-order valence-corrected chi connectivity index (χ1v) is 16.7. The molecule has 0 aliphatic carbocycles. The van der Waals surface area contributed by atoms with Crippen molar-refractivity contribution in [2.24, 2.45) is 7.05 Å². The Morgan fingerprint density at radius 1 is 0.920 bits per heavy atom. The maximum absolute atomic E-state index is 13.7. The summed E-state index contributed by atoms with van der Waals surface area (Å²) in [6.45, 7) is 11.1. The van der Waals surface area contributed by atoms with Gasteiger partial charge in [-0.15, -0.1) is 0 Å². The Morgan fingerprint density at radius 2 is 1.70 bits per heavy atom. The van der Waals surface area contributed by atoms with Crippen molar-refractivity contribution in [3.63, 3.8) is 0 Å². The molecule has 14 nitrogen and oxygen atoms in total. The molecule has 5 aromatic rings. The molecule has 0 saturated carbocycles. The lowest BCUT2D eigenvalue weighted by atomic mass is 10.0. The molecule has 0 fully saturated rings. The number of benzene rings is 1. The van der Waals surface area contributed by atoms with Crippen molar-refractivity contribution in [2.75, 3.05) is 57.9 Å². The summed E-state index contributed by atoms with van der Waals surface area (Å²) < 4.78 is 27.6. The number of nitrogens with one attached hydrogen (secondary N) is 2. The van der Waals surface area contributed by atoms with Crippen LogP contribution in [0.4, 0.5) is 17.3 Å². The molecular formula is C36H45N9O5. The van der Waals surface area contributed by atoms with E-state index in [1.807, 2.05) is 78.4 Å². The molecule has 1 aliphatic rings. The molecule has 4 aromatic heterocycles. The summed E-state index contributed by atoms with van der Waals surface area (Å²) in [5.74, 6) is 1.65. The third-order valence-electron chi connectivity index (χ3n) is 9.05. The van der Waals surface area contributed by atoms with E-state index in [0.717, 1.165) is 63.1 Å². The van der Waals surface area contributed by atoms with E-state index in [1.165, 1.54) is 0 Å². The minimum absolute atomic E-state index is 0.186. The van der Waals surface area contributed by atoms with Crippen LogP contribution in [0.2, 0.25) is 0 Å². The topological polar surface area (TPSA) is 144 Å². The van der Waals surface area contributed by atoms with Crippen LogP contribution in [-0.2, 0) is 40.6 Å². The lowest BCUT2D eigenvalue weighted by molar-refractivity contribution is 0.0224. The largest absolute Gasteiger partial charge is 0.495 e. The highest BCUT2D eigenvalue weighted by atomic mass is 16.5. The Bertz CT molecular complexity index is 1990.